The Balaban J connectivity index is 2.33. The van der Waals surface area contributed by atoms with Crippen LogP contribution in [0.4, 0.5) is 4.39 Å². The molecule has 3 heteroatoms. The van der Waals surface area contributed by atoms with E-state index in [1.54, 1.807) is 7.11 Å². The van der Waals surface area contributed by atoms with Crippen LogP contribution < -0.4 is 5.73 Å². The van der Waals surface area contributed by atoms with Crippen LogP contribution in [0.3, 0.4) is 0 Å². The molecule has 0 heterocycles. The Bertz CT molecular complexity index is 300. The van der Waals surface area contributed by atoms with Gasteiger partial charge in [0.2, 0.25) is 0 Å². The molecule has 96 valence electrons. The number of methoxy groups -OCH3 is 1. The van der Waals surface area contributed by atoms with Gasteiger partial charge in [0.1, 0.15) is 5.82 Å². The van der Waals surface area contributed by atoms with Gasteiger partial charge in [0.25, 0.3) is 0 Å². The van der Waals surface area contributed by atoms with Crippen LogP contribution >= 0.6 is 0 Å². The summed E-state index contributed by atoms with van der Waals surface area (Å²) in [6.07, 6.45) is 4.26. The largest absolute Gasteiger partial charge is 0.385 e. The fourth-order valence-electron chi connectivity index (χ4n) is 1.94. The van der Waals surface area contributed by atoms with E-state index < -0.39 is 0 Å². The van der Waals surface area contributed by atoms with Crippen molar-refractivity contribution in [3.63, 3.8) is 0 Å². The maximum atomic E-state index is 12.8. The summed E-state index contributed by atoms with van der Waals surface area (Å²) in [5.41, 5.74) is 6.92. The van der Waals surface area contributed by atoms with E-state index >= 15 is 0 Å². The van der Waals surface area contributed by atoms with Crippen LogP contribution in [0.5, 0.6) is 0 Å². The molecule has 1 rings (SSSR count). The molecule has 1 unspecified atom stereocenters. The standard InChI is InChI=1S/C14H22FNO/c1-17-9-3-2-4-13(11-16)10-12-5-7-14(15)8-6-12/h5-8,13H,2-4,9-11,16H2,1H3. The van der Waals surface area contributed by atoms with Gasteiger partial charge < -0.3 is 10.5 Å². The minimum Gasteiger partial charge on any atom is -0.385 e. The molecule has 0 aliphatic carbocycles. The highest BCUT2D eigenvalue weighted by atomic mass is 19.1. The zero-order valence-corrected chi connectivity index (χ0v) is 10.5. The number of ether oxygens (including phenoxy) is 1. The monoisotopic (exact) mass is 239 g/mol. The Morgan fingerprint density at radius 3 is 2.53 bits per heavy atom. The van der Waals surface area contributed by atoms with Crippen molar-refractivity contribution < 1.29 is 9.13 Å². The van der Waals surface area contributed by atoms with E-state index in [0.717, 1.165) is 37.9 Å². The lowest BCUT2D eigenvalue weighted by Gasteiger charge is -2.14. The lowest BCUT2D eigenvalue weighted by atomic mass is 9.94. The van der Waals surface area contributed by atoms with Crippen molar-refractivity contribution in [2.24, 2.45) is 11.7 Å². The fourth-order valence-corrected chi connectivity index (χ4v) is 1.94. The smallest absolute Gasteiger partial charge is 0.123 e. The first-order valence-corrected chi connectivity index (χ1v) is 6.19. The Kier molecular flexibility index (Phi) is 6.82. The summed E-state index contributed by atoms with van der Waals surface area (Å²) in [5, 5.41) is 0. The van der Waals surface area contributed by atoms with Gasteiger partial charge in [-0.1, -0.05) is 18.6 Å². The third-order valence-corrected chi connectivity index (χ3v) is 2.98. The maximum absolute atomic E-state index is 12.8. The van der Waals surface area contributed by atoms with Crippen LogP contribution in [-0.2, 0) is 11.2 Å². The molecule has 0 aliphatic rings. The Labute approximate surface area is 103 Å². The second-order valence-corrected chi connectivity index (χ2v) is 4.42. The predicted octanol–water partition coefficient (Wildman–Crippen LogP) is 2.76. The summed E-state index contributed by atoms with van der Waals surface area (Å²) in [5.74, 6) is 0.301. The summed E-state index contributed by atoms with van der Waals surface area (Å²) in [7, 11) is 1.72. The molecule has 0 fully saturated rings. The first-order chi connectivity index (χ1) is 8.26. The summed E-state index contributed by atoms with van der Waals surface area (Å²) >= 11 is 0. The van der Waals surface area contributed by atoms with E-state index in [9.17, 15) is 4.39 Å². The second kappa shape index (κ2) is 8.20. The van der Waals surface area contributed by atoms with Gasteiger partial charge in [-0.3, -0.25) is 0 Å². The van der Waals surface area contributed by atoms with Crippen LogP contribution in [-0.4, -0.2) is 20.3 Å². The molecule has 1 atom stereocenters. The van der Waals surface area contributed by atoms with Crippen LogP contribution in [0.2, 0.25) is 0 Å². The van der Waals surface area contributed by atoms with Gasteiger partial charge in [-0.05, 0) is 49.4 Å². The van der Waals surface area contributed by atoms with Gasteiger partial charge in [-0.25, -0.2) is 4.39 Å². The number of unbranched alkanes of at least 4 members (excludes halogenated alkanes) is 1. The molecule has 0 aliphatic heterocycles. The Morgan fingerprint density at radius 2 is 1.94 bits per heavy atom. The molecule has 1 aromatic carbocycles. The molecule has 0 radical (unpaired) electrons. The summed E-state index contributed by atoms with van der Waals surface area (Å²) in [6, 6.07) is 6.70. The lowest BCUT2D eigenvalue weighted by molar-refractivity contribution is 0.190. The second-order valence-electron chi connectivity index (χ2n) is 4.42. The van der Waals surface area contributed by atoms with Crippen molar-refractivity contribution in [3.05, 3.63) is 35.6 Å². The predicted molar refractivity (Wildman–Crippen MR) is 68.4 cm³/mol. The first kappa shape index (κ1) is 14.1. The highest BCUT2D eigenvalue weighted by molar-refractivity contribution is 5.16. The van der Waals surface area contributed by atoms with Gasteiger partial charge in [-0.2, -0.15) is 0 Å². The number of halogens is 1. The minimum absolute atomic E-state index is 0.182. The van der Waals surface area contributed by atoms with Crippen molar-refractivity contribution in [2.45, 2.75) is 25.7 Å². The quantitative estimate of drug-likeness (QED) is 0.708. The van der Waals surface area contributed by atoms with Crippen molar-refractivity contribution in [2.75, 3.05) is 20.3 Å². The molecule has 0 amide bonds. The highest BCUT2D eigenvalue weighted by Gasteiger charge is 2.07. The summed E-state index contributed by atoms with van der Waals surface area (Å²) in [6.45, 7) is 1.50. The molecule has 0 aromatic heterocycles. The molecule has 0 bridgehead atoms. The van der Waals surface area contributed by atoms with Gasteiger partial charge in [0.05, 0.1) is 0 Å². The highest BCUT2D eigenvalue weighted by Crippen LogP contribution is 2.15. The summed E-state index contributed by atoms with van der Waals surface area (Å²) < 4.78 is 17.8. The summed E-state index contributed by atoms with van der Waals surface area (Å²) in [4.78, 5) is 0. The van der Waals surface area contributed by atoms with Gasteiger partial charge in [0.15, 0.2) is 0 Å². The van der Waals surface area contributed by atoms with E-state index in [1.807, 2.05) is 12.1 Å². The lowest BCUT2D eigenvalue weighted by Crippen LogP contribution is -2.17. The molecular weight excluding hydrogens is 217 g/mol. The van der Waals surface area contributed by atoms with E-state index in [4.69, 9.17) is 10.5 Å². The van der Waals surface area contributed by atoms with Gasteiger partial charge in [-0.15, -0.1) is 0 Å². The molecule has 17 heavy (non-hydrogen) atoms. The average Bonchev–Trinajstić information content (AvgIpc) is 2.35. The molecule has 2 nitrogen and oxygen atoms in total. The maximum Gasteiger partial charge on any atom is 0.123 e. The van der Waals surface area contributed by atoms with E-state index in [-0.39, 0.29) is 5.82 Å². The van der Waals surface area contributed by atoms with Crippen LogP contribution in [0, 0.1) is 11.7 Å². The molecular formula is C14H22FNO. The zero-order chi connectivity index (χ0) is 12.5. The van der Waals surface area contributed by atoms with Crippen molar-refractivity contribution in [1.82, 2.24) is 0 Å². The molecule has 0 saturated carbocycles. The topological polar surface area (TPSA) is 35.2 Å². The van der Waals surface area contributed by atoms with Crippen molar-refractivity contribution in [3.8, 4) is 0 Å². The van der Waals surface area contributed by atoms with E-state index in [1.165, 1.54) is 12.1 Å². The van der Waals surface area contributed by atoms with Crippen molar-refractivity contribution >= 4 is 0 Å². The normalized spacial score (nSPS) is 12.6. The third kappa shape index (κ3) is 5.80. The van der Waals surface area contributed by atoms with Gasteiger partial charge in [0, 0.05) is 13.7 Å². The number of nitrogens with two attached hydrogens (primary N) is 1. The van der Waals surface area contributed by atoms with Gasteiger partial charge >= 0.3 is 0 Å². The number of rotatable bonds is 8. The molecule has 2 N–H and O–H groups in total. The Morgan fingerprint density at radius 1 is 1.24 bits per heavy atom. The molecule has 1 aromatic rings. The van der Waals surface area contributed by atoms with Crippen LogP contribution in [0.15, 0.2) is 24.3 Å². The van der Waals surface area contributed by atoms with E-state index in [0.29, 0.717) is 12.5 Å². The van der Waals surface area contributed by atoms with Crippen LogP contribution in [0.25, 0.3) is 0 Å². The zero-order valence-electron chi connectivity index (χ0n) is 10.5. The number of hydrogen-bond acceptors (Lipinski definition) is 2. The molecule has 0 saturated heterocycles. The first-order valence-electron chi connectivity index (χ1n) is 6.19. The third-order valence-electron chi connectivity index (χ3n) is 2.98. The Hall–Kier alpha value is -0.930. The number of hydrogen-bond donors (Lipinski definition) is 1. The number of benzene rings is 1. The fraction of sp³-hybridized carbons (Fsp3) is 0.571. The molecule has 0 spiro atoms. The SMILES string of the molecule is COCCCCC(CN)Cc1ccc(F)cc1. The average molecular weight is 239 g/mol. The van der Waals surface area contributed by atoms with Crippen molar-refractivity contribution in [1.29, 1.82) is 0 Å². The minimum atomic E-state index is -0.182. The van der Waals surface area contributed by atoms with Crippen LogP contribution in [0.1, 0.15) is 24.8 Å². The van der Waals surface area contributed by atoms with E-state index in [2.05, 4.69) is 0 Å².